The molecule has 0 aromatic rings. The molecule has 17 heavy (non-hydrogen) atoms. The summed E-state index contributed by atoms with van der Waals surface area (Å²) in [6, 6.07) is 0. The fourth-order valence-electron chi connectivity index (χ4n) is 3.12. The first-order chi connectivity index (χ1) is 7.64. The van der Waals surface area contributed by atoms with Crippen LogP contribution in [-0.2, 0) is 19.1 Å². The van der Waals surface area contributed by atoms with Gasteiger partial charge in [0.05, 0.1) is 0 Å². The monoisotopic (exact) mass is 242 g/mol. The minimum absolute atomic E-state index is 0.00255. The summed E-state index contributed by atoms with van der Waals surface area (Å²) < 4.78 is 10.6. The van der Waals surface area contributed by atoms with Gasteiger partial charge in [-0.1, -0.05) is 20.8 Å². The van der Waals surface area contributed by atoms with Crippen molar-refractivity contribution < 1.29 is 19.1 Å². The summed E-state index contributed by atoms with van der Waals surface area (Å²) in [5.74, 6) is -1.52. The third-order valence-corrected chi connectivity index (χ3v) is 2.97. The zero-order valence-corrected chi connectivity index (χ0v) is 11.3. The van der Waals surface area contributed by atoms with Crippen molar-refractivity contribution in [2.45, 2.75) is 59.7 Å². The van der Waals surface area contributed by atoms with E-state index in [1.165, 1.54) is 13.8 Å². The fraction of sp³-hybridized carbons (Fsp3) is 0.846. The first-order valence-corrected chi connectivity index (χ1v) is 6.03. The molecule has 98 valence electrons. The summed E-state index contributed by atoms with van der Waals surface area (Å²) in [5, 5.41) is 0. The number of ether oxygens (including phenoxy) is 2. The van der Waals surface area contributed by atoms with Crippen LogP contribution in [0, 0.1) is 11.3 Å². The van der Waals surface area contributed by atoms with Gasteiger partial charge in [0.15, 0.2) is 0 Å². The number of esters is 2. The van der Waals surface area contributed by atoms with Gasteiger partial charge in [0, 0.05) is 26.7 Å². The van der Waals surface area contributed by atoms with Crippen molar-refractivity contribution in [2.24, 2.45) is 11.3 Å². The highest BCUT2D eigenvalue weighted by molar-refractivity contribution is 5.68. The van der Waals surface area contributed by atoms with Gasteiger partial charge >= 0.3 is 11.9 Å². The molecule has 0 heterocycles. The molecule has 1 unspecified atom stereocenters. The Balaban J connectivity index is 2.95. The van der Waals surface area contributed by atoms with Gasteiger partial charge in [-0.3, -0.25) is 9.59 Å². The van der Waals surface area contributed by atoms with Crippen molar-refractivity contribution in [3.8, 4) is 0 Å². The lowest BCUT2D eigenvalue weighted by Gasteiger charge is -2.45. The second-order valence-corrected chi connectivity index (χ2v) is 5.95. The van der Waals surface area contributed by atoms with E-state index < -0.39 is 17.7 Å². The molecule has 0 N–H and O–H groups in total. The molecule has 4 nitrogen and oxygen atoms in total. The van der Waals surface area contributed by atoms with Crippen LogP contribution in [-0.4, -0.2) is 17.7 Å². The second kappa shape index (κ2) is 4.67. The molecular formula is C13H22O4. The van der Waals surface area contributed by atoms with Gasteiger partial charge in [0.25, 0.3) is 5.79 Å². The maximum Gasteiger partial charge on any atom is 0.305 e. The van der Waals surface area contributed by atoms with E-state index in [9.17, 15) is 9.59 Å². The fourth-order valence-corrected chi connectivity index (χ4v) is 3.12. The number of carbonyl (C=O) groups excluding carboxylic acids is 2. The van der Waals surface area contributed by atoms with Gasteiger partial charge in [-0.15, -0.1) is 0 Å². The van der Waals surface area contributed by atoms with Crippen LogP contribution in [0.5, 0.6) is 0 Å². The Morgan fingerprint density at radius 3 is 1.88 bits per heavy atom. The van der Waals surface area contributed by atoms with Crippen LogP contribution in [0.3, 0.4) is 0 Å². The molecule has 1 saturated carbocycles. The molecule has 0 radical (unpaired) electrons. The van der Waals surface area contributed by atoms with Crippen molar-refractivity contribution in [2.75, 3.05) is 0 Å². The molecule has 0 bridgehead atoms. The third kappa shape index (κ3) is 4.02. The topological polar surface area (TPSA) is 52.6 Å². The Morgan fingerprint density at radius 1 is 1.06 bits per heavy atom. The molecule has 0 aliphatic heterocycles. The van der Waals surface area contributed by atoms with Crippen LogP contribution >= 0.6 is 0 Å². The van der Waals surface area contributed by atoms with Gasteiger partial charge in [-0.05, 0) is 17.8 Å². The van der Waals surface area contributed by atoms with Gasteiger partial charge in [0.2, 0.25) is 0 Å². The molecule has 0 aromatic carbocycles. The number of hydrogen-bond acceptors (Lipinski definition) is 4. The van der Waals surface area contributed by atoms with Crippen LogP contribution in [0.15, 0.2) is 0 Å². The molecule has 1 fully saturated rings. The Bertz CT molecular complexity index is 303. The molecule has 0 amide bonds. The van der Waals surface area contributed by atoms with Gasteiger partial charge < -0.3 is 9.47 Å². The molecule has 0 aromatic heterocycles. The quantitative estimate of drug-likeness (QED) is 0.552. The molecule has 1 atom stereocenters. The zero-order valence-electron chi connectivity index (χ0n) is 11.3. The summed E-state index contributed by atoms with van der Waals surface area (Å²) >= 11 is 0. The molecule has 0 saturated heterocycles. The van der Waals surface area contributed by atoms with E-state index in [-0.39, 0.29) is 5.41 Å². The minimum atomic E-state index is -1.07. The van der Waals surface area contributed by atoms with Gasteiger partial charge in [0.1, 0.15) is 0 Å². The predicted molar refractivity (Wildman–Crippen MR) is 63.1 cm³/mol. The summed E-state index contributed by atoms with van der Waals surface area (Å²) in [5.41, 5.74) is 0.00255. The Kier molecular flexibility index (Phi) is 3.84. The number of carbonyl (C=O) groups is 2. The van der Waals surface area contributed by atoms with E-state index in [0.29, 0.717) is 18.8 Å². The highest BCUT2D eigenvalue weighted by Gasteiger charge is 2.48. The lowest BCUT2D eigenvalue weighted by molar-refractivity contribution is -0.251. The van der Waals surface area contributed by atoms with Crippen LogP contribution < -0.4 is 0 Å². The maximum atomic E-state index is 11.2. The van der Waals surface area contributed by atoms with E-state index in [0.717, 1.165) is 6.42 Å². The SMILES string of the molecule is CC(=O)OC1(OC(C)=O)CC(C)CC(C)(C)C1. The predicted octanol–water partition coefficient (Wildman–Crippen LogP) is 2.66. The highest BCUT2D eigenvalue weighted by atomic mass is 16.7. The van der Waals surface area contributed by atoms with Gasteiger partial charge in [-0.2, -0.15) is 0 Å². The van der Waals surface area contributed by atoms with E-state index in [2.05, 4.69) is 20.8 Å². The zero-order chi connectivity index (χ0) is 13.3. The normalized spacial score (nSPS) is 26.1. The number of hydrogen-bond donors (Lipinski definition) is 0. The first-order valence-electron chi connectivity index (χ1n) is 6.03. The molecule has 0 spiro atoms. The molecule has 1 rings (SSSR count). The summed E-state index contributed by atoms with van der Waals surface area (Å²) in [6.07, 6.45) is 2.18. The molecule has 1 aliphatic rings. The smallest absolute Gasteiger partial charge is 0.305 e. The van der Waals surface area contributed by atoms with Crippen molar-refractivity contribution in [1.82, 2.24) is 0 Å². The standard InChI is InChI=1S/C13H22O4/c1-9-6-12(4,5)8-13(7-9,16-10(2)14)17-11(3)15/h9H,6-8H2,1-5H3. The number of rotatable bonds is 2. The van der Waals surface area contributed by atoms with Crippen LogP contribution in [0.4, 0.5) is 0 Å². The average molecular weight is 242 g/mol. The van der Waals surface area contributed by atoms with Crippen molar-refractivity contribution in [1.29, 1.82) is 0 Å². The minimum Gasteiger partial charge on any atom is -0.423 e. The van der Waals surface area contributed by atoms with Crippen LogP contribution in [0.2, 0.25) is 0 Å². The van der Waals surface area contributed by atoms with E-state index in [1.54, 1.807) is 0 Å². The average Bonchev–Trinajstić information content (AvgIpc) is 1.92. The van der Waals surface area contributed by atoms with Crippen molar-refractivity contribution >= 4 is 11.9 Å². The largest absolute Gasteiger partial charge is 0.423 e. The van der Waals surface area contributed by atoms with Crippen molar-refractivity contribution in [3.05, 3.63) is 0 Å². The van der Waals surface area contributed by atoms with Crippen LogP contribution in [0.1, 0.15) is 53.9 Å². The Morgan fingerprint density at radius 2 is 1.53 bits per heavy atom. The maximum absolute atomic E-state index is 11.2. The van der Waals surface area contributed by atoms with E-state index in [4.69, 9.17) is 9.47 Å². The molecule has 4 heteroatoms. The summed E-state index contributed by atoms with van der Waals surface area (Å²) in [6.45, 7) is 8.98. The first kappa shape index (κ1) is 14.0. The van der Waals surface area contributed by atoms with Crippen molar-refractivity contribution in [3.63, 3.8) is 0 Å². The Hall–Kier alpha value is -1.06. The molecule has 1 aliphatic carbocycles. The third-order valence-electron chi connectivity index (χ3n) is 2.97. The van der Waals surface area contributed by atoms with E-state index >= 15 is 0 Å². The van der Waals surface area contributed by atoms with E-state index in [1.807, 2.05) is 0 Å². The lowest BCUT2D eigenvalue weighted by atomic mass is 9.70. The van der Waals surface area contributed by atoms with Crippen LogP contribution in [0.25, 0.3) is 0 Å². The summed E-state index contributed by atoms with van der Waals surface area (Å²) in [7, 11) is 0. The molecular weight excluding hydrogens is 220 g/mol. The highest BCUT2D eigenvalue weighted by Crippen LogP contribution is 2.46. The second-order valence-electron chi connectivity index (χ2n) is 5.95. The summed E-state index contributed by atoms with van der Waals surface area (Å²) in [4.78, 5) is 22.4. The van der Waals surface area contributed by atoms with Gasteiger partial charge in [-0.25, -0.2) is 0 Å². The lowest BCUT2D eigenvalue weighted by Crippen LogP contribution is -2.48. The Labute approximate surface area is 103 Å².